The number of likely N-dealkylation sites (tertiary alicyclic amines) is 1. The molecule has 5 aromatic carbocycles. The summed E-state index contributed by atoms with van der Waals surface area (Å²) >= 11 is 0. The molecule has 3 aliphatic rings. The molecule has 1 spiro atoms. The van der Waals surface area contributed by atoms with Gasteiger partial charge in [0.25, 0.3) is 0 Å². The summed E-state index contributed by atoms with van der Waals surface area (Å²) in [6.07, 6.45) is 2.98. The minimum atomic E-state index is -0.619. The van der Waals surface area contributed by atoms with Crippen LogP contribution in [0.5, 0.6) is 0 Å². The predicted octanol–water partition coefficient (Wildman–Crippen LogP) is 7.22. The molecule has 5 aromatic rings. The fraction of sp³-hybridized carbons (Fsp3) is 0.340. The minimum absolute atomic E-state index is 0.0231. The van der Waals surface area contributed by atoms with Gasteiger partial charge in [0, 0.05) is 56.7 Å². The van der Waals surface area contributed by atoms with Gasteiger partial charge in [0.15, 0.2) is 6.29 Å². The maximum atomic E-state index is 13.3. The van der Waals surface area contributed by atoms with E-state index in [1.807, 2.05) is 78.9 Å². The van der Waals surface area contributed by atoms with Crippen molar-refractivity contribution in [2.75, 3.05) is 42.3 Å². The van der Waals surface area contributed by atoms with Gasteiger partial charge in [-0.2, -0.15) is 0 Å². The van der Waals surface area contributed by atoms with Crippen molar-refractivity contribution < 1.29 is 29.0 Å². The van der Waals surface area contributed by atoms with Crippen LogP contribution >= 0.6 is 0 Å². The fourth-order valence-electron chi connectivity index (χ4n) is 8.87. The van der Waals surface area contributed by atoms with Crippen LogP contribution in [0.3, 0.4) is 0 Å². The van der Waals surface area contributed by atoms with Gasteiger partial charge < -0.3 is 46.1 Å². The molecule has 0 radical (unpaired) electrons. The number of aliphatic hydroxyl groups excluding tert-OH is 1. The number of hydrogen-bond acceptors (Lipinski definition) is 9. The second kappa shape index (κ2) is 19.8. The predicted molar refractivity (Wildman–Crippen MR) is 240 cm³/mol. The lowest BCUT2D eigenvalue weighted by atomic mass is 9.85. The lowest BCUT2D eigenvalue weighted by molar-refractivity contribution is -0.253. The van der Waals surface area contributed by atoms with E-state index in [9.17, 15) is 19.5 Å². The van der Waals surface area contributed by atoms with Gasteiger partial charge in [0.1, 0.15) is 5.54 Å². The molecule has 3 saturated heterocycles. The summed E-state index contributed by atoms with van der Waals surface area (Å²) in [6, 6.07) is 41.6. The van der Waals surface area contributed by atoms with E-state index in [0.29, 0.717) is 63.2 Å². The molecule has 3 aliphatic heterocycles. The van der Waals surface area contributed by atoms with Gasteiger partial charge >= 0.3 is 0 Å². The standard InChI is InChI=1S/C50H56N6O6/c51-43-16-4-5-17-44(43)54-47(59)19-7-6-18-46(58)52-31-36-10-8-11-38(28-36)39-12-9-13-40(29-39)48-61-42(30-45(62-48)37-22-20-35(33-57)21-23-37)32-55-26-24-50(25-27-55)49(60)53-34-56(50)41-14-2-1-3-15-41/h1-5,8-17,20-23,28-29,42,45,48,57H,6-7,18-19,24-27,30-34,51H2,(H,52,58)(H,53,60)(H,54,59)/t42-,45+,48+/m1/s1. The summed E-state index contributed by atoms with van der Waals surface area (Å²) in [6.45, 7) is 3.13. The van der Waals surface area contributed by atoms with E-state index in [4.69, 9.17) is 15.2 Å². The number of nitrogen functional groups attached to an aromatic ring is 1. The van der Waals surface area contributed by atoms with Crippen LogP contribution in [0.25, 0.3) is 11.1 Å². The topological polar surface area (TPSA) is 158 Å². The highest BCUT2D eigenvalue weighted by Gasteiger charge is 2.50. The maximum absolute atomic E-state index is 13.3. The average Bonchev–Trinajstić information content (AvgIpc) is 3.62. The summed E-state index contributed by atoms with van der Waals surface area (Å²) in [4.78, 5) is 43.1. The molecule has 12 nitrogen and oxygen atoms in total. The van der Waals surface area contributed by atoms with Gasteiger partial charge in [-0.05, 0) is 89.9 Å². The fourth-order valence-corrected chi connectivity index (χ4v) is 8.87. The quantitative estimate of drug-likeness (QED) is 0.0543. The number of rotatable bonds is 15. The first-order valence-electron chi connectivity index (χ1n) is 21.7. The molecule has 6 N–H and O–H groups in total. The monoisotopic (exact) mass is 836 g/mol. The number of piperidine rings is 1. The molecular weight excluding hydrogens is 781 g/mol. The van der Waals surface area contributed by atoms with Crippen molar-refractivity contribution in [3.05, 3.63) is 150 Å². The first-order valence-corrected chi connectivity index (χ1v) is 21.7. The largest absolute Gasteiger partial charge is 0.397 e. The summed E-state index contributed by atoms with van der Waals surface area (Å²) in [5, 5.41) is 18.7. The number of anilines is 3. The Morgan fingerprint density at radius 1 is 0.774 bits per heavy atom. The Hall–Kier alpha value is -6.05. The summed E-state index contributed by atoms with van der Waals surface area (Å²) in [7, 11) is 0. The smallest absolute Gasteiger partial charge is 0.247 e. The van der Waals surface area contributed by atoms with E-state index in [-0.39, 0.29) is 36.5 Å². The first-order chi connectivity index (χ1) is 30.3. The number of nitrogens with one attached hydrogen (secondary N) is 3. The number of aliphatic hydroxyl groups is 1. The highest BCUT2D eigenvalue weighted by atomic mass is 16.7. The van der Waals surface area contributed by atoms with Crippen LogP contribution < -0.4 is 26.6 Å². The maximum Gasteiger partial charge on any atom is 0.247 e. The zero-order valence-corrected chi connectivity index (χ0v) is 35.0. The van der Waals surface area contributed by atoms with Gasteiger partial charge in [-0.15, -0.1) is 0 Å². The lowest BCUT2D eigenvalue weighted by Crippen LogP contribution is -2.57. The van der Waals surface area contributed by atoms with Crippen LogP contribution in [0, 0.1) is 0 Å². The number of hydrogen-bond donors (Lipinski definition) is 5. The summed E-state index contributed by atoms with van der Waals surface area (Å²) in [5.41, 5.74) is 13.3. The number of amides is 3. The molecule has 3 fully saturated rings. The Morgan fingerprint density at radius 3 is 2.24 bits per heavy atom. The van der Waals surface area contributed by atoms with E-state index in [0.717, 1.165) is 65.0 Å². The number of nitrogens with zero attached hydrogens (tertiary/aromatic N) is 2. The zero-order chi connectivity index (χ0) is 42.9. The van der Waals surface area contributed by atoms with E-state index in [1.54, 1.807) is 12.1 Å². The van der Waals surface area contributed by atoms with Crippen molar-refractivity contribution in [3.8, 4) is 11.1 Å². The third-order valence-corrected chi connectivity index (χ3v) is 12.4. The van der Waals surface area contributed by atoms with Gasteiger partial charge in [-0.1, -0.05) is 91.0 Å². The summed E-state index contributed by atoms with van der Waals surface area (Å²) in [5.74, 6) is -0.0811. The number of unbranched alkanes of at least 4 members (excludes halogenated alkanes) is 1. The van der Waals surface area contributed by atoms with Crippen molar-refractivity contribution >= 4 is 34.8 Å². The summed E-state index contributed by atoms with van der Waals surface area (Å²) < 4.78 is 13.5. The van der Waals surface area contributed by atoms with Crippen LogP contribution in [0.15, 0.2) is 127 Å². The number of benzene rings is 5. The SMILES string of the molecule is Nc1ccccc1NC(=O)CCCCC(=O)NCc1cccc(-c2cccc([C@H]3O[C@@H](CN4CCC5(CC4)C(=O)NCN5c4ccccc4)C[C@@H](c4ccc(CO)cc4)O3)c2)c1. The van der Waals surface area contributed by atoms with Gasteiger partial charge in [-0.3, -0.25) is 14.4 Å². The van der Waals surface area contributed by atoms with Crippen molar-refractivity contribution in [3.63, 3.8) is 0 Å². The van der Waals surface area contributed by atoms with Crippen LogP contribution in [0.1, 0.15) is 79.6 Å². The molecule has 3 amide bonds. The third kappa shape index (κ3) is 10.2. The minimum Gasteiger partial charge on any atom is -0.397 e. The second-order valence-corrected chi connectivity index (χ2v) is 16.6. The molecule has 3 heterocycles. The number of ether oxygens (including phenoxy) is 2. The van der Waals surface area contributed by atoms with E-state index in [2.05, 4.69) is 62.1 Å². The Morgan fingerprint density at radius 2 is 1.48 bits per heavy atom. The van der Waals surface area contributed by atoms with Crippen molar-refractivity contribution in [2.45, 2.75) is 82.1 Å². The Labute approximate surface area is 363 Å². The molecule has 0 aromatic heterocycles. The molecule has 8 rings (SSSR count). The molecule has 0 bridgehead atoms. The normalized spacial score (nSPS) is 19.9. The number of carbonyl (C=O) groups is 3. The van der Waals surface area contributed by atoms with Crippen LogP contribution in [0.2, 0.25) is 0 Å². The molecule has 62 heavy (non-hydrogen) atoms. The average molecular weight is 837 g/mol. The first kappa shape index (κ1) is 42.6. The zero-order valence-electron chi connectivity index (χ0n) is 35.0. The highest BCUT2D eigenvalue weighted by Crippen LogP contribution is 2.41. The van der Waals surface area contributed by atoms with Crippen LogP contribution in [-0.2, 0) is 37.0 Å². The molecule has 0 aliphatic carbocycles. The van der Waals surface area contributed by atoms with Gasteiger partial charge in [-0.25, -0.2) is 0 Å². The number of carbonyl (C=O) groups excluding carboxylic acids is 3. The van der Waals surface area contributed by atoms with Crippen LogP contribution in [0.4, 0.5) is 17.1 Å². The van der Waals surface area contributed by atoms with E-state index >= 15 is 0 Å². The molecule has 3 atom stereocenters. The number of nitrogens with two attached hydrogens (primary N) is 1. The highest BCUT2D eigenvalue weighted by molar-refractivity contribution is 5.94. The molecule has 12 heteroatoms. The third-order valence-electron chi connectivity index (χ3n) is 12.4. The Kier molecular flexibility index (Phi) is 13.6. The van der Waals surface area contributed by atoms with Crippen molar-refractivity contribution in [1.82, 2.24) is 15.5 Å². The van der Waals surface area contributed by atoms with E-state index < -0.39 is 11.8 Å². The van der Waals surface area contributed by atoms with E-state index in [1.165, 1.54) is 0 Å². The van der Waals surface area contributed by atoms with Crippen molar-refractivity contribution in [2.24, 2.45) is 0 Å². The molecular formula is C50H56N6O6. The number of para-hydroxylation sites is 3. The second-order valence-electron chi connectivity index (χ2n) is 16.6. The molecule has 322 valence electrons. The van der Waals surface area contributed by atoms with Crippen LogP contribution in [-0.4, -0.2) is 65.7 Å². The van der Waals surface area contributed by atoms with Crippen molar-refractivity contribution in [1.29, 1.82) is 0 Å². The Balaban J connectivity index is 0.890. The van der Waals surface area contributed by atoms with Gasteiger partial charge in [0.2, 0.25) is 17.7 Å². The molecule has 0 unspecified atom stereocenters. The van der Waals surface area contributed by atoms with Gasteiger partial charge in [0.05, 0.1) is 36.9 Å². The lowest BCUT2D eigenvalue weighted by Gasteiger charge is -2.45. The molecule has 0 saturated carbocycles. The Bertz CT molecular complexity index is 2310.